The molecule has 130 valence electrons. The average Bonchev–Trinajstić information content (AvgIpc) is 3.06. The van der Waals surface area contributed by atoms with E-state index >= 15 is 0 Å². The summed E-state index contributed by atoms with van der Waals surface area (Å²) >= 11 is 0. The number of rotatable bonds is 5. The van der Waals surface area contributed by atoms with Gasteiger partial charge in [0.25, 0.3) is 5.91 Å². The van der Waals surface area contributed by atoms with E-state index in [0.29, 0.717) is 18.5 Å². The lowest BCUT2D eigenvalue weighted by atomic mass is 10.1. The normalized spacial score (nSPS) is 13.8. The SMILES string of the molecule is CN(C)c1ccc(CNC(=O)c2cccc(N3CCCC3=O)c2)cc1. The van der Waals surface area contributed by atoms with Gasteiger partial charge in [-0.15, -0.1) is 0 Å². The van der Waals surface area contributed by atoms with E-state index in [9.17, 15) is 9.59 Å². The first-order valence-corrected chi connectivity index (χ1v) is 8.49. The van der Waals surface area contributed by atoms with Crippen LogP contribution in [0.5, 0.6) is 0 Å². The molecular weight excluding hydrogens is 314 g/mol. The predicted molar refractivity (Wildman–Crippen MR) is 100.0 cm³/mol. The third kappa shape index (κ3) is 3.99. The van der Waals surface area contributed by atoms with Gasteiger partial charge in [-0.3, -0.25) is 9.59 Å². The molecule has 0 saturated carbocycles. The Balaban J connectivity index is 1.64. The highest BCUT2D eigenvalue weighted by Gasteiger charge is 2.22. The number of nitrogens with zero attached hydrogens (tertiary/aromatic N) is 2. The van der Waals surface area contributed by atoms with Crippen LogP contribution in [-0.4, -0.2) is 32.5 Å². The molecule has 0 aliphatic carbocycles. The summed E-state index contributed by atoms with van der Waals surface area (Å²) in [6.07, 6.45) is 1.46. The molecule has 0 aromatic heterocycles. The zero-order valence-corrected chi connectivity index (χ0v) is 14.7. The number of benzene rings is 2. The Morgan fingerprint density at radius 3 is 2.56 bits per heavy atom. The molecule has 0 atom stereocenters. The standard InChI is InChI=1S/C20H23N3O2/c1-22(2)17-10-8-15(9-11-17)14-21-20(25)16-5-3-6-18(13-16)23-12-4-7-19(23)24/h3,5-6,8-11,13H,4,7,12,14H2,1-2H3,(H,21,25). The molecular formula is C20H23N3O2. The molecule has 1 aliphatic heterocycles. The van der Waals surface area contributed by atoms with Crippen molar-refractivity contribution in [3.8, 4) is 0 Å². The Morgan fingerprint density at radius 2 is 1.92 bits per heavy atom. The maximum absolute atomic E-state index is 12.4. The van der Waals surface area contributed by atoms with Gasteiger partial charge in [-0.1, -0.05) is 18.2 Å². The molecule has 1 aliphatic rings. The van der Waals surface area contributed by atoms with Crippen LogP contribution in [0.25, 0.3) is 0 Å². The van der Waals surface area contributed by atoms with Gasteiger partial charge in [-0.2, -0.15) is 0 Å². The largest absolute Gasteiger partial charge is 0.378 e. The Hall–Kier alpha value is -2.82. The lowest BCUT2D eigenvalue weighted by Crippen LogP contribution is -2.25. The second-order valence-corrected chi connectivity index (χ2v) is 6.44. The van der Waals surface area contributed by atoms with Gasteiger partial charge in [0.15, 0.2) is 0 Å². The van der Waals surface area contributed by atoms with Crippen LogP contribution < -0.4 is 15.1 Å². The molecule has 0 bridgehead atoms. The van der Waals surface area contributed by atoms with Crippen molar-refractivity contribution in [1.82, 2.24) is 5.32 Å². The highest BCUT2D eigenvalue weighted by Crippen LogP contribution is 2.22. The van der Waals surface area contributed by atoms with E-state index in [0.717, 1.165) is 29.9 Å². The number of amides is 2. The zero-order chi connectivity index (χ0) is 17.8. The Kier molecular flexibility index (Phi) is 5.03. The molecule has 1 heterocycles. The van der Waals surface area contributed by atoms with Crippen LogP contribution in [0.4, 0.5) is 11.4 Å². The summed E-state index contributed by atoms with van der Waals surface area (Å²) in [6.45, 7) is 1.20. The number of hydrogen-bond donors (Lipinski definition) is 1. The van der Waals surface area contributed by atoms with E-state index < -0.39 is 0 Å². The van der Waals surface area contributed by atoms with E-state index in [1.807, 2.05) is 55.4 Å². The summed E-state index contributed by atoms with van der Waals surface area (Å²) in [6, 6.07) is 15.3. The summed E-state index contributed by atoms with van der Waals surface area (Å²) in [5.74, 6) is -0.0104. The topological polar surface area (TPSA) is 52.7 Å². The van der Waals surface area contributed by atoms with Gasteiger partial charge in [-0.05, 0) is 42.3 Å². The molecule has 0 spiro atoms. The second-order valence-electron chi connectivity index (χ2n) is 6.44. The van der Waals surface area contributed by atoms with Gasteiger partial charge in [-0.25, -0.2) is 0 Å². The van der Waals surface area contributed by atoms with Gasteiger partial charge < -0.3 is 15.1 Å². The van der Waals surface area contributed by atoms with Crippen LogP contribution in [0.3, 0.4) is 0 Å². The molecule has 0 unspecified atom stereocenters. The fraction of sp³-hybridized carbons (Fsp3) is 0.300. The van der Waals surface area contributed by atoms with E-state index in [1.54, 1.807) is 17.0 Å². The van der Waals surface area contributed by atoms with E-state index in [-0.39, 0.29) is 11.8 Å². The number of nitrogens with one attached hydrogen (secondary N) is 1. The van der Waals surface area contributed by atoms with Gasteiger partial charge in [0.1, 0.15) is 0 Å². The van der Waals surface area contributed by atoms with Crippen molar-refractivity contribution in [2.24, 2.45) is 0 Å². The fourth-order valence-electron chi connectivity index (χ4n) is 2.93. The van der Waals surface area contributed by atoms with E-state index in [4.69, 9.17) is 0 Å². The fourth-order valence-corrected chi connectivity index (χ4v) is 2.93. The molecule has 1 fully saturated rings. The van der Waals surface area contributed by atoms with Crippen molar-refractivity contribution in [3.05, 3.63) is 59.7 Å². The quantitative estimate of drug-likeness (QED) is 0.913. The Morgan fingerprint density at radius 1 is 1.16 bits per heavy atom. The van der Waals surface area contributed by atoms with Crippen molar-refractivity contribution < 1.29 is 9.59 Å². The summed E-state index contributed by atoms with van der Waals surface area (Å²) in [4.78, 5) is 28.1. The average molecular weight is 337 g/mol. The zero-order valence-electron chi connectivity index (χ0n) is 14.7. The minimum atomic E-state index is -0.134. The number of carbonyl (C=O) groups excluding carboxylic acids is 2. The number of carbonyl (C=O) groups is 2. The van der Waals surface area contributed by atoms with Gasteiger partial charge in [0, 0.05) is 50.5 Å². The second kappa shape index (κ2) is 7.38. The maximum Gasteiger partial charge on any atom is 0.251 e. The first kappa shape index (κ1) is 17.0. The summed E-state index contributed by atoms with van der Waals surface area (Å²) in [5, 5.41) is 2.94. The molecule has 1 N–H and O–H groups in total. The molecule has 0 radical (unpaired) electrons. The highest BCUT2D eigenvalue weighted by atomic mass is 16.2. The molecule has 2 aromatic carbocycles. The number of anilines is 2. The van der Waals surface area contributed by atoms with Crippen LogP contribution in [0, 0.1) is 0 Å². The Bertz CT molecular complexity index is 769. The monoisotopic (exact) mass is 337 g/mol. The minimum Gasteiger partial charge on any atom is -0.378 e. The summed E-state index contributed by atoms with van der Waals surface area (Å²) < 4.78 is 0. The Labute approximate surface area is 148 Å². The smallest absolute Gasteiger partial charge is 0.251 e. The van der Waals surface area contributed by atoms with Crippen molar-refractivity contribution in [2.45, 2.75) is 19.4 Å². The molecule has 5 heteroatoms. The predicted octanol–water partition coefficient (Wildman–Crippen LogP) is 2.81. The summed E-state index contributed by atoms with van der Waals surface area (Å²) in [5.41, 5.74) is 3.54. The highest BCUT2D eigenvalue weighted by molar-refractivity contribution is 5.99. The van der Waals surface area contributed by atoms with Crippen molar-refractivity contribution in [3.63, 3.8) is 0 Å². The van der Waals surface area contributed by atoms with Crippen LogP contribution in [0.1, 0.15) is 28.8 Å². The van der Waals surface area contributed by atoms with Crippen molar-refractivity contribution >= 4 is 23.2 Å². The molecule has 25 heavy (non-hydrogen) atoms. The van der Waals surface area contributed by atoms with Gasteiger partial charge in [0.05, 0.1) is 0 Å². The van der Waals surface area contributed by atoms with Gasteiger partial charge >= 0.3 is 0 Å². The summed E-state index contributed by atoms with van der Waals surface area (Å²) in [7, 11) is 3.99. The molecule has 2 aromatic rings. The van der Waals surface area contributed by atoms with E-state index in [2.05, 4.69) is 5.32 Å². The molecule has 2 amide bonds. The van der Waals surface area contributed by atoms with Gasteiger partial charge in [0.2, 0.25) is 5.91 Å². The molecule has 1 saturated heterocycles. The third-order valence-electron chi connectivity index (χ3n) is 4.40. The third-order valence-corrected chi connectivity index (χ3v) is 4.40. The van der Waals surface area contributed by atoms with Crippen LogP contribution in [0.15, 0.2) is 48.5 Å². The lowest BCUT2D eigenvalue weighted by Gasteiger charge is -2.16. The van der Waals surface area contributed by atoms with Crippen molar-refractivity contribution in [2.75, 3.05) is 30.4 Å². The van der Waals surface area contributed by atoms with Crippen LogP contribution in [-0.2, 0) is 11.3 Å². The van der Waals surface area contributed by atoms with Crippen molar-refractivity contribution in [1.29, 1.82) is 0 Å². The van der Waals surface area contributed by atoms with Crippen LogP contribution in [0.2, 0.25) is 0 Å². The maximum atomic E-state index is 12.4. The minimum absolute atomic E-state index is 0.124. The lowest BCUT2D eigenvalue weighted by molar-refractivity contribution is -0.117. The van der Waals surface area contributed by atoms with E-state index in [1.165, 1.54) is 0 Å². The molecule has 3 rings (SSSR count). The first-order valence-electron chi connectivity index (χ1n) is 8.49. The van der Waals surface area contributed by atoms with Crippen LogP contribution >= 0.6 is 0 Å². The molecule has 5 nitrogen and oxygen atoms in total. The first-order chi connectivity index (χ1) is 12.0. The number of hydrogen-bond acceptors (Lipinski definition) is 3.